The Kier molecular flexibility index (Phi) is 7.04. The van der Waals surface area contributed by atoms with E-state index in [1.807, 2.05) is 0 Å². The second kappa shape index (κ2) is 10.2. The van der Waals surface area contributed by atoms with Gasteiger partial charge in [0.05, 0.1) is 21.0 Å². The largest absolute Gasteiger partial charge is 0.322 e. The summed E-state index contributed by atoms with van der Waals surface area (Å²) in [4.78, 5) is 17.1. The zero-order chi connectivity index (χ0) is 25.8. The minimum Gasteiger partial charge on any atom is -0.322 e. The van der Waals surface area contributed by atoms with Gasteiger partial charge < -0.3 is 5.32 Å². The summed E-state index contributed by atoms with van der Waals surface area (Å²) >= 11 is 0. The zero-order valence-electron chi connectivity index (χ0n) is 19.1. The van der Waals surface area contributed by atoms with Crippen molar-refractivity contribution in [2.24, 2.45) is 0 Å². The minimum atomic E-state index is -3.89. The van der Waals surface area contributed by atoms with E-state index in [1.54, 1.807) is 42.5 Å². The van der Waals surface area contributed by atoms with Crippen LogP contribution in [0.1, 0.15) is 10.4 Å². The molecule has 0 unspecified atom stereocenters. The Morgan fingerprint density at radius 3 is 2.06 bits per heavy atom. The van der Waals surface area contributed by atoms with Gasteiger partial charge in [0.15, 0.2) is 0 Å². The van der Waals surface area contributed by atoms with E-state index in [-0.39, 0.29) is 26.9 Å². The van der Waals surface area contributed by atoms with E-state index in [0.717, 1.165) is 4.31 Å². The molecule has 1 heterocycles. The number of sulfonamides is 2. The molecule has 0 aliphatic heterocycles. The number of amides is 1. The first kappa shape index (κ1) is 24.9. The van der Waals surface area contributed by atoms with Crippen molar-refractivity contribution in [3.8, 4) is 0 Å². The molecule has 0 spiro atoms. The van der Waals surface area contributed by atoms with Crippen molar-refractivity contribution in [3.05, 3.63) is 109 Å². The summed E-state index contributed by atoms with van der Waals surface area (Å²) in [5, 5.41) is 2.69. The van der Waals surface area contributed by atoms with Gasteiger partial charge in [-0.15, -0.1) is 0 Å². The normalized spacial score (nSPS) is 11.5. The number of rotatable bonds is 8. The fourth-order valence-corrected chi connectivity index (χ4v) is 5.60. The summed E-state index contributed by atoms with van der Waals surface area (Å²) in [5.74, 6) is -0.371. The van der Waals surface area contributed by atoms with Gasteiger partial charge in [0.1, 0.15) is 5.82 Å². The molecule has 1 aromatic heterocycles. The second-order valence-electron chi connectivity index (χ2n) is 7.60. The predicted molar refractivity (Wildman–Crippen MR) is 138 cm³/mol. The van der Waals surface area contributed by atoms with Crippen LogP contribution in [0.2, 0.25) is 0 Å². The van der Waals surface area contributed by atoms with Gasteiger partial charge in [-0.05, 0) is 60.7 Å². The van der Waals surface area contributed by atoms with Crippen LogP contribution in [0.3, 0.4) is 0 Å². The van der Waals surface area contributed by atoms with Gasteiger partial charge in [-0.25, -0.2) is 21.8 Å². The van der Waals surface area contributed by atoms with Crippen LogP contribution in [0.5, 0.6) is 0 Å². The van der Waals surface area contributed by atoms with Crippen molar-refractivity contribution < 1.29 is 21.6 Å². The second-order valence-corrected chi connectivity index (χ2v) is 11.3. The molecule has 3 aromatic carbocycles. The first-order valence-corrected chi connectivity index (χ1v) is 13.6. The highest BCUT2D eigenvalue weighted by Crippen LogP contribution is 2.26. The summed E-state index contributed by atoms with van der Waals surface area (Å²) in [7, 11) is -6.39. The van der Waals surface area contributed by atoms with Crippen LogP contribution in [0.25, 0.3) is 0 Å². The maximum Gasteiger partial charge on any atom is 0.264 e. The highest BCUT2D eigenvalue weighted by atomic mass is 32.2. The Hall–Kier alpha value is -4.22. The fourth-order valence-electron chi connectivity index (χ4n) is 3.36. The molecule has 0 radical (unpaired) electrons. The maximum atomic E-state index is 13.1. The van der Waals surface area contributed by atoms with E-state index in [2.05, 4.69) is 15.0 Å². The van der Waals surface area contributed by atoms with Crippen LogP contribution in [0.15, 0.2) is 113 Å². The number of carbonyl (C=O) groups is 1. The molecule has 0 aliphatic rings. The SMILES string of the molecule is CN(c1ccccc1C(=O)Nc1ccc(S(=O)(=O)Nc2ccccn2)cc1)S(=O)(=O)c1ccccc1. The van der Waals surface area contributed by atoms with Gasteiger partial charge >= 0.3 is 0 Å². The Labute approximate surface area is 209 Å². The van der Waals surface area contributed by atoms with Gasteiger partial charge in [-0.2, -0.15) is 0 Å². The summed E-state index contributed by atoms with van der Waals surface area (Å²) in [6, 6.07) is 24.6. The topological polar surface area (TPSA) is 126 Å². The number of aromatic nitrogens is 1. The van der Waals surface area contributed by atoms with Crippen molar-refractivity contribution in [2.75, 3.05) is 21.4 Å². The molecular weight excluding hydrogens is 500 g/mol. The third-order valence-corrected chi connectivity index (χ3v) is 8.37. The average molecular weight is 523 g/mol. The quantitative estimate of drug-likeness (QED) is 0.361. The number of nitrogens with zero attached hydrogens (tertiary/aromatic N) is 2. The Morgan fingerprint density at radius 2 is 1.39 bits per heavy atom. The number of benzene rings is 3. The zero-order valence-corrected chi connectivity index (χ0v) is 20.7. The van der Waals surface area contributed by atoms with Gasteiger partial charge in [0.25, 0.3) is 26.0 Å². The molecule has 11 heteroatoms. The number of hydrogen-bond acceptors (Lipinski definition) is 6. The molecule has 0 atom stereocenters. The lowest BCUT2D eigenvalue weighted by Gasteiger charge is -2.22. The van der Waals surface area contributed by atoms with Gasteiger partial charge in [-0.1, -0.05) is 36.4 Å². The number of pyridine rings is 1. The summed E-state index contributed by atoms with van der Waals surface area (Å²) in [6.07, 6.45) is 1.47. The van der Waals surface area contributed by atoms with E-state index >= 15 is 0 Å². The molecule has 0 saturated heterocycles. The number of para-hydroxylation sites is 1. The Morgan fingerprint density at radius 1 is 0.750 bits per heavy atom. The highest BCUT2D eigenvalue weighted by Gasteiger charge is 2.25. The summed E-state index contributed by atoms with van der Waals surface area (Å²) < 4.78 is 54.7. The molecule has 0 bridgehead atoms. The molecule has 4 rings (SSSR count). The standard InChI is InChI=1S/C25H22N4O5S2/c1-29(36(33,34)21-9-3-2-4-10-21)23-12-6-5-11-22(23)25(30)27-19-14-16-20(17-15-19)35(31,32)28-24-13-7-8-18-26-24/h2-18H,1H3,(H,26,28)(H,27,30). The first-order chi connectivity index (χ1) is 17.2. The lowest BCUT2D eigenvalue weighted by Crippen LogP contribution is -2.29. The molecule has 0 saturated carbocycles. The van der Waals surface area contributed by atoms with Crippen molar-refractivity contribution in [2.45, 2.75) is 9.79 Å². The molecule has 36 heavy (non-hydrogen) atoms. The molecule has 0 fully saturated rings. The molecule has 184 valence electrons. The third kappa shape index (κ3) is 5.37. The van der Waals surface area contributed by atoms with E-state index in [1.165, 1.54) is 67.8 Å². The van der Waals surface area contributed by atoms with Gasteiger partial charge in [-0.3, -0.25) is 13.8 Å². The highest BCUT2D eigenvalue weighted by molar-refractivity contribution is 7.93. The van der Waals surface area contributed by atoms with E-state index in [4.69, 9.17) is 0 Å². The van der Waals surface area contributed by atoms with Crippen LogP contribution in [0, 0.1) is 0 Å². The van der Waals surface area contributed by atoms with Crippen molar-refractivity contribution in [1.29, 1.82) is 0 Å². The minimum absolute atomic E-state index is 0.0137. The monoisotopic (exact) mass is 522 g/mol. The van der Waals surface area contributed by atoms with Crippen molar-refractivity contribution in [3.63, 3.8) is 0 Å². The lowest BCUT2D eigenvalue weighted by atomic mass is 10.1. The van der Waals surface area contributed by atoms with Crippen LogP contribution >= 0.6 is 0 Å². The molecular formula is C25H22N4O5S2. The summed E-state index contributed by atoms with van der Waals surface area (Å²) in [5.41, 5.74) is 0.658. The number of carbonyl (C=O) groups excluding carboxylic acids is 1. The lowest BCUT2D eigenvalue weighted by molar-refractivity contribution is 0.102. The molecule has 9 nitrogen and oxygen atoms in total. The van der Waals surface area contributed by atoms with Crippen molar-refractivity contribution in [1.82, 2.24) is 4.98 Å². The third-order valence-electron chi connectivity index (χ3n) is 5.22. The van der Waals surface area contributed by atoms with Crippen LogP contribution in [-0.2, 0) is 20.0 Å². The number of hydrogen-bond donors (Lipinski definition) is 2. The van der Waals surface area contributed by atoms with E-state index < -0.39 is 26.0 Å². The fraction of sp³-hybridized carbons (Fsp3) is 0.0400. The van der Waals surface area contributed by atoms with E-state index in [0.29, 0.717) is 5.69 Å². The molecule has 4 aromatic rings. The Bertz CT molecular complexity index is 1580. The molecule has 0 aliphatic carbocycles. The van der Waals surface area contributed by atoms with Crippen LogP contribution in [0.4, 0.5) is 17.2 Å². The Balaban J connectivity index is 1.54. The van der Waals surface area contributed by atoms with Gasteiger partial charge in [0, 0.05) is 18.9 Å². The number of nitrogens with one attached hydrogen (secondary N) is 2. The van der Waals surface area contributed by atoms with Crippen LogP contribution < -0.4 is 14.3 Å². The molecule has 1 amide bonds. The first-order valence-electron chi connectivity index (χ1n) is 10.7. The maximum absolute atomic E-state index is 13.1. The van der Waals surface area contributed by atoms with Crippen molar-refractivity contribution >= 4 is 43.1 Å². The molecule has 2 N–H and O–H groups in total. The van der Waals surface area contributed by atoms with Gasteiger partial charge in [0.2, 0.25) is 0 Å². The van der Waals surface area contributed by atoms with Crippen LogP contribution in [-0.4, -0.2) is 34.8 Å². The smallest absolute Gasteiger partial charge is 0.264 e. The number of anilines is 3. The average Bonchev–Trinajstić information content (AvgIpc) is 2.89. The predicted octanol–water partition coefficient (Wildman–Crippen LogP) is 3.96. The van der Waals surface area contributed by atoms with E-state index in [9.17, 15) is 21.6 Å². The summed E-state index contributed by atoms with van der Waals surface area (Å²) in [6.45, 7) is 0.